The van der Waals surface area contributed by atoms with Crippen LogP contribution in [-0.4, -0.2) is 44.6 Å². The first-order valence-electron chi connectivity index (χ1n) is 6.31. The summed E-state index contributed by atoms with van der Waals surface area (Å²) in [6.45, 7) is 2.71. The molecule has 112 valence electrons. The molecule has 1 rings (SSSR count). The van der Waals surface area contributed by atoms with Crippen LogP contribution < -0.4 is 0 Å². The maximum absolute atomic E-state index is 10.8. The van der Waals surface area contributed by atoms with Crippen molar-refractivity contribution in [2.75, 3.05) is 33.5 Å². The second-order valence-electron chi connectivity index (χ2n) is 4.12. The topological polar surface area (TPSA) is 65.0 Å². The largest absolute Gasteiger partial charge is 0.478 e. The van der Waals surface area contributed by atoms with Crippen molar-refractivity contribution in [1.29, 1.82) is 0 Å². The smallest absolute Gasteiger partial charge is 0.335 e. The third-order valence-electron chi connectivity index (χ3n) is 2.57. The maximum atomic E-state index is 10.8. The molecule has 0 unspecified atom stereocenters. The van der Waals surface area contributed by atoms with Crippen LogP contribution in [0.25, 0.3) is 0 Å². The number of hydrogen-bond donors (Lipinski definition) is 1. The highest BCUT2D eigenvalue weighted by Gasteiger charge is 2.06. The maximum Gasteiger partial charge on any atom is 0.335 e. The zero-order valence-electron chi connectivity index (χ0n) is 11.4. The van der Waals surface area contributed by atoms with Crippen molar-refractivity contribution in [2.24, 2.45) is 0 Å². The molecule has 0 aliphatic rings. The summed E-state index contributed by atoms with van der Waals surface area (Å²) in [7, 11) is 1.63. The van der Waals surface area contributed by atoms with Gasteiger partial charge in [0.05, 0.1) is 25.4 Å². The van der Waals surface area contributed by atoms with Gasteiger partial charge in [0.2, 0.25) is 0 Å². The molecule has 1 aromatic rings. The molecule has 6 heteroatoms. The summed E-state index contributed by atoms with van der Waals surface area (Å²) in [6.07, 6.45) is 0.786. The number of carboxylic acids is 1. The van der Waals surface area contributed by atoms with E-state index in [0.717, 1.165) is 12.0 Å². The number of rotatable bonds is 10. The van der Waals surface area contributed by atoms with Crippen LogP contribution in [0.4, 0.5) is 0 Å². The molecule has 0 spiro atoms. The highest BCUT2D eigenvalue weighted by Crippen LogP contribution is 2.18. The van der Waals surface area contributed by atoms with Crippen molar-refractivity contribution in [2.45, 2.75) is 13.0 Å². The molecule has 0 bridgehead atoms. The molecule has 0 saturated carbocycles. The van der Waals surface area contributed by atoms with Crippen LogP contribution >= 0.6 is 11.6 Å². The van der Waals surface area contributed by atoms with Gasteiger partial charge >= 0.3 is 5.97 Å². The molecule has 0 saturated heterocycles. The standard InChI is InChI=1S/C14H19ClO5/c1-18-7-8-19-5-2-6-20-10-12-4-3-11(14(16)17)9-13(12)15/h3-4,9H,2,5-8,10H2,1H3,(H,16,17). The van der Waals surface area contributed by atoms with Gasteiger partial charge in [0, 0.05) is 25.3 Å². The Labute approximate surface area is 123 Å². The normalized spacial score (nSPS) is 10.7. The third-order valence-corrected chi connectivity index (χ3v) is 2.92. The Morgan fingerprint density at radius 3 is 2.60 bits per heavy atom. The lowest BCUT2D eigenvalue weighted by Crippen LogP contribution is -2.06. The van der Waals surface area contributed by atoms with E-state index in [1.807, 2.05) is 0 Å². The lowest BCUT2D eigenvalue weighted by Gasteiger charge is -2.07. The number of carboxylic acid groups (broad SMARTS) is 1. The van der Waals surface area contributed by atoms with E-state index in [-0.39, 0.29) is 5.56 Å². The highest BCUT2D eigenvalue weighted by atomic mass is 35.5. The molecule has 0 heterocycles. The fraction of sp³-hybridized carbons (Fsp3) is 0.500. The summed E-state index contributed by atoms with van der Waals surface area (Å²) in [5, 5.41) is 9.23. The monoisotopic (exact) mass is 302 g/mol. The molecule has 0 atom stereocenters. The van der Waals surface area contributed by atoms with Gasteiger partial charge in [-0.2, -0.15) is 0 Å². The van der Waals surface area contributed by atoms with Gasteiger partial charge in [0.1, 0.15) is 0 Å². The highest BCUT2D eigenvalue weighted by molar-refractivity contribution is 6.31. The molecule has 1 aromatic carbocycles. The number of carbonyl (C=O) groups is 1. The van der Waals surface area contributed by atoms with Gasteiger partial charge in [0.25, 0.3) is 0 Å². The van der Waals surface area contributed by atoms with E-state index >= 15 is 0 Å². The van der Waals surface area contributed by atoms with Crippen molar-refractivity contribution in [3.05, 3.63) is 34.3 Å². The average molecular weight is 303 g/mol. The number of aromatic carboxylic acids is 1. The van der Waals surface area contributed by atoms with Crippen LogP contribution in [-0.2, 0) is 20.8 Å². The van der Waals surface area contributed by atoms with Gasteiger partial charge in [-0.25, -0.2) is 4.79 Å². The van der Waals surface area contributed by atoms with Gasteiger partial charge in [-0.1, -0.05) is 17.7 Å². The van der Waals surface area contributed by atoms with Crippen LogP contribution in [0.15, 0.2) is 18.2 Å². The van der Waals surface area contributed by atoms with E-state index in [9.17, 15) is 4.79 Å². The quantitative estimate of drug-likeness (QED) is 0.673. The summed E-state index contributed by atoms with van der Waals surface area (Å²) in [5.74, 6) is -0.993. The predicted molar refractivity (Wildman–Crippen MR) is 75.4 cm³/mol. The summed E-state index contributed by atoms with van der Waals surface area (Å²) in [6, 6.07) is 4.61. The molecule has 0 aliphatic carbocycles. The van der Waals surface area contributed by atoms with E-state index in [2.05, 4.69) is 0 Å². The van der Waals surface area contributed by atoms with Gasteiger partial charge in [-0.05, 0) is 24.1 Å². The predicted octanol–water partition coefficient (Wildman–Crippen LogP) is 2.61. The Morgan fingerprint density at radius 2 is 1.95 bits per heavy atom. The minimum atomic E-state index is -0.993. The zero-order chi connectivity index (χ0) is 14.8. The lowest BCUT2D eigenvalue weighted by molar-refractivity contribution is 0.0483. The van der Waals surface area contributed by atoms with Crippen LogP contribution in [0.2, 0.25) is 5.02 Å². The van der Waals surface area contributed by atoms with E-state index < -0.39 is 5.97 Å². The van der Waals surface area contributed by atoms with Crippen molar-refractivity contribution in [3.8, 4) is 0 Å². The molecule has 5 nitrogen and oxygen atoms in total. The molecule has 0 radical (unpaired) electrons. The van der Waals surface area contributed by atoms with Crippen LogP contribution in [0.3, 0.4) is 0 Å². The fourth-order valence-corrected chi connectivity index (χ4v) is 1.72. The number of ether oxygens (including phenoxy) is 3. The molecule has 0 aromatic heterocycles. The van der Waals surface area contributed by atoms with Gasteiger partial charge in [-0.3, -0.25) is 0 Å². The third kappa shape index (κ3) is 6.34. The Balaban J connectivity index is 2.20. The average Bonchev–Trinajstić information content (AvgIpc) is 2.43. The van der Waals surface area contributed by atoms with Gasteiger partial charge in [-0.15, -0.1) is 0 Å². The Hall–Kier alpha value is -1.14. The minimum absolute atomic E-state index is 0.172. The SMILES string of the molecule is COCCOCCCOCc1ccc(C(=O)O)cc1Cl. The molecular weight excluding hydrogens is 284 g/mol. The van der Waals surface area contributed by atoms with Crippen LogP contribution in [0.5, 0.6) is 0 Å². The van der Waals surface area contributed by atoms with E-state index in [0.29, 0.717) is 38.1 Å². The van der Waals surface area contributed by atoms with Crippen molar-refractivity contribution >= 4 is 17.6 Å². The first kappa shape index (κ1) is 16.9. The Bertz CT molecular complexity index is 422. The first-order chi connectivity index (χ1) is 9.65. The van der Waals surface area contributed by atoms with Crippen LogP contribution in [0.1, 0.15) is 22.3 Å². The van der Waals surface area contributed by atoms with Crippen LogP contribution in [0, 0.1) is 0 Å². The number of halogens is 1. The van der Waals surface area contributed by atoms with E-state index in [1.54, 1.807) is 13.2 Å². The lowest BCUT2D eigenvalue weighted by atomic mass is 10.1. The van der Waals surface area contributed by atoms with Crippen molar-refractivity contribution < 1.29 is 24.1 Å². The second kappa shape index (κ2) is 9.72. The number of benzene rings is 1. The fourth-order valence-electron chi connectivity index (χ4n) is 1.49. The molecule has 0 amide bonds. The van der Waals surface area contributed by atoms with Gasteiger partial charge < -0.3 is 19.3 Å². The minimum Gasteiger partial charge on any atom is -0.478 e. The summed E-state index contributed by atoms with van der Waals surface area (Å²) < 4.78 is 15.6. The van der Waals surface area contributed by atoms with E-state index in [1.165, 1.54) is 12.1 Å². The second-order valence-corrected chi connectivity index (χ2v) is 4.53. The number of hydrogen-bond acceptors (Lipinski definition) is 4. The summed E-state index contributed by atoms with van der Waals surface area (Å²) in [5.41, 5.74) is 0.947. The van der Waals surface area contributed by atoms with Crippen molar-refractivity contribution in [1.82, 2.24) is 0 Å². The molecule has 0 aliphatic heterocycles. The first-order valence-corrected chi connectivity index (χ1v) is 6.69. The molecule has 20 heavy (non-hydrogen) atoms. The summed E-state index contributed by atoms with van der Waals surface area (Å²) in [4.78, 5) is 10.8. The molecule has 1 N–H and O–H groups in total. The number of methoxy groups -OCH3 is 1. The Morgan fingerprint density at radius 1 is 1.20 bits per heavy atom. The van der Waals surface area contributed by atoms with E-state index in [4.69, 9.17) is 30.9 Å². The Kier molecular flexibility index (Phi) is 8.22. The molecular formula is C14H19ClO5. The van der Waals surface area contributed by atoms with Gasteiger partial charge in [0.15, 0.2) is 0 Å². The molecule has 0 fully saturated rings. The zero-order valence-corrected chi connectivity index (χ0v) is 12.2. The van der Waals surface area contributed by atoms with Crippen molar-refractivity contribution in [3.63, 3.8) is 0 Å². The summed E-state index contributed by atoms with van der Waals surface area (Å²) >= 11 is 5.99.